The van der Waals surface area contributed by atoms with Gasteiger partial charge in [0.15, 0.2) is 0 Å². The fourth-order valence-electron chi connectivity index (χ4n) is 0.849. The molecule has 1 aromatic rings. The molecule has 0 nitrogen and oxygen atoms in total. The molecule has 0 aliphatic heterocycles. The Morgan fingerprint density at radius 3 is 2.21 bits per heavy atom. The molecule has 14 heavy (non-hydrogen) atoms. The van der Waals surface area contributed by atoms with E-state index >= 15 is 0 Å². The lowest BCUT2D eigenvalue weighted by molar-refractivity contribution is -0.124. The van der Waals surface area contributed by atoms with Gasteiger partial charge >= 0.3 is 6.18 Å². The molecular weight excluding hydrogens is 233 g/mol. The Hall–Kier alpha value is -0.350. The van der Waals surface area contributed by atoms with Gasteiger partial charge in [0.05, 0.1) is 0 Å². The van der Waals surface area contributed by atoms with Gasteiger partial charge in [0.25, 0.3) is 0 Å². The van der Waals surface area contributed by atoms with E-state index in [0.717, 1.165) is 11.8 Å². The van der Waals surface area contributed by atoms with Crippen LogP contribution in [-0.2, 0) is 0 Å². The summed E-state index contributed by atoms with van der Waals surface area (Å²) in [5, 5.41) is -1.54. The lowest BCUT2D eigenvalue weighted by Gasteiger charge is -2.16. The van der Waals surface area contributed by atoms with E-state index in [1.807, 2.05) is 0 Å². The predicted octanol–water partition coefficient (Wildman–Crippen LogP) is 3.95. The van der Waals surface area contributed by atoms with E-state index in [9.17, 15) is 13.2 Å². The van der Waals surface area contributed by atoms with Crippen LogP contribution in [0.1, 0.15) is 0 Å². The van der Waals surface area contributed by atoms with Crippen molar-refractivity contribution in [2.45, 2.75) is 16.3 Å². The zero-order valence-electron chi connectivity index (χ0n) is 7.09. The second-order valence-electron chi connectivity index (χ2n) is 2.62. The average molecular weight is 241 g/mol. The van der Waals surface area contributed by atoms with Crippen LogP contribution in [0, 0.1) is 0 Å². The zero-order valence-corrected chi connectivity index (χ0v) is 8.66. The smallest absolute Gasteiger partial charge is 0.170 e. The molecule has 0 aliphatic carbocycles. The Balaban J connectivity index is 2.67. The highest BCUT2D eigenvalue weighted by molar-refractivity contribution is 8.00. The minimum atomic E-state index is -4.25. The number of alkyl halides is 4. The summed E-state index contributed by atoms with van der Waals surface area (Å²) in [5.74, 6) is -0.428. The number of thioether (sulfide) groups is 1. The molecule has 0 spiro atoms. The van der Waals surface area contributed by atoms with E-state index in [-0.39, 0.29) is 0 Å². The zero-order chi connectivity index (χ0) is 10.6. The largest absolute Gasteiger partial charge is 0.402 e. The molecule has 0 amide bonds. The maximum Gasteiger partial charge on any atom is 0.402 e. The average Bonchev–Trinajstić information content (AvgIpc) is 2.14. The van der Waals surface area contributed by atoms with E-state index in [1.165, 1.54) is 0 Å². The van der Waals surface area contributed by atoms with Crippen molar-refractivity contribution in [1.29, 1.82) is 0 Å². The van der Waals surface area contributed by atoms with Gasteiger partial charge in [-0.05, 0) is 12.1 Å². The molecule has 0 heterocycles. The lowest BCUT2D eigenvalue weighted by atomic mass is 10.4. The first-order chi connectivity index (χ1) is 6.54. The van der Waals surface area contributed by atoms with Crippen LogP contribution in [0.4, 0.5) is 13.2 Å². The maximum absolute atomic E-state index is 12.3. The van der Waals surface area contributed by atoms with Crippen LogP contribution in [0.2, 0.25) is 0 Å². The summed E-state index contributed by atoms with van der Waals surface area (Å²) in [6.07, 6.45) is -4.25. The van der Waals surface area contributed by atoms with Crippen LogP contribution in [0.3, 0.4) is 0 Å². The summed E-state index contributed by atoms with van der Waals surface area (Å²) in [5.41, 5.74) is 0. The first-order valence-corrected chi connectivity index (χ1v) is 5.30. The Bertz CT molecular complexity index is 273. The van der Waals surface area contributed by atoms with Crippen molar-refractivity contribution in [3.8, 4) is 0 Å². The number of rotatable bonds is 3. The molecule has 0 aromatic heterocycles. The number of benzene rings is 1. The standard InChI is InChI=1S/C9H8ClF3S/c10-6-8(9(11,12)13)14-7-4-2-1-3-5-7/h1-5,8H,6H2/t8-/m1/s1. The lowest BCUT2D eigenvalue weighted by Crippen LogP contribution is -2.27. The molecule has 0 bridgehead atoms. The number of hydrogen-bond donors (Lipinski definition) is 0. The van der Waals surface area contributed by atoms with Crippen molar-refractivity contribution in [3.63, 3.8) is 0 Å². The topological polar surface area (TPSA) is 0 Å². The van der Waals surface area contributed by atoms with Crippen molar-refractivity contribution in [2.75, 3.05) is 5.88 Å². The normalized spacial score (nSPS) is 14.0. The van der Waals surface area contributed by atoms with E-state index in [0.29, 0.717) is 4.90 Å². The maximum atomic E-state index is 12.3. The Morgan fingerprint density at radius 2 is 1.79 bits per heavy atom. The third kappa shape index (κ3) is 3.42. The second kappa shape index (κ2) is 4.94. The molecule has 1 atom stereocenters. The van der Waals surface area contributed by atoms with E-state index in [1.54, 1.807) is 30.3 Å². The third-order valence-electron chi connectivity index (χ3n) is 1.53. The summed E-state index contributed by atoms with van der Waals surface area (Å²) in [4.78, 5) is 0.579. The van der Waals surface area contributed by atoms with Crippen molar-refractivity contribution >= 4 is 23.4 Å². The minimum absolute atomic E-state index is 0.428. The van der Waals surface area contributed by atoms with E-state index in [4.69, 9.17) is 11.6 Å². The molecule has 78 valence electrons. The molecule has 0 N–H and O–H groups in total. The van der Waals surface area contributed by atoms with Gasteiger partial charge in [0, 0.05) is 10.8 Å². The van der Waals surface area contributed by atoms with Crippen LogP contribution in [-0.4, -0.2) is 17.3 Å². The van der Waals surface area contributed by atoms with Crippen molar-refractivity contribution in [3.05, 3.63) is 30.3 Å². The quantitative estimate of drug-likeness (QED) is 0.570. The number of hydrogen-bond acceptors (Lipinski definition) is 1. The Morgan fingerprint density at radius 1 is 1.21 bits per heavy atom. The molecule has 0 fully saturated rings. The van der Waals surface area contributed by atoms with Crippen molar-refractivity contribution in [2.24, 2.45) is 0 Å². The van der Waals surface area contributed by atoms with Crippen LogP contribution in [0.25, 0.3) is 0 Å². The molecule has 1 aromatic carbocycles. The second-order valence-corrected chi connectivity index (χ2v) is 4.20. The van der Waals surface area contributed by atoms with Gasteiger partial charge in [-0.15, -0.1) is 23.4 Å². The summed E-state index contributed by atoms with van der Waals surface area (Å²) >= 11 is 6.00. The SMILES string of the molecule is FC(F)(F)[C@@H](CCl)Sc1ccccc1. The third-order valence-corrected chi connectivity index (χ3v) is 3.28. The van der Waals surface area contributed by atoms with Gasteiger partial charge in [-0.3, -0.25) is 0 Å². The van der Waals surface area contributed by atoms with Gasteiger partial charge in [0.2, 0.25) is 0 Å². The van der Waals surface area contributed by atoms with Crippen LogP contribution >= 0.6 is 23.4 Å². The minimum Gasteiger partial charge on any atom is -0.170 e. The van der Waals surface area contributed by atoms with Gasteiger partial charge in [-0.25, -0.2) is 0 Å². The van der Waals surface area contributed by atoms with E-state index < -0.39 is 17.3 Å². The fourth-order valence-corrected chi connectivity index (χ4v) is 2.05. The van der Waals surface area contributed by atoms with Crippen LogP contribution in [0.5, 0.6) is 0 Å². The predicted molar refractivity (Wildman–Crippen MR) is 52.9 cm³/mol. The highest BCUT2D eigenvalue weighted by Gasteiger charge is 2.39. The van der Waals surface area contributed by atoms with Gasteiger partial charge < -0.3 is 0 Å². The molecule has 0 unspecified atom stereocenters. The summed E-state index contributed by atoms with van der Waals surface area (Å²) < 4.78 is 36.9. The monoisotopic (exact) mass is 240 g/mol. The molecule has 0 radical (unpaired) electrons. The molecule has 1 rings (SSSR count). The van der Waals surface area contributed by atoms with Crippen molar-refractivity contribution < 1.29 is 13.2 Å². The highest BCUT2D eigenvalue weighted by atomic mass is 35.5. The summed E-state index contributed by atoms with van der Waals surface area (Å²) in [6, 6.07) is 8.42. The molecule has 0 aliphatic rings. The molecule has 5 heteroatoms. The molecule has 0 saturated heterocycles. The van der Waals surface area contributed by atoms with Gasteiger partial charge in [0.1, 0.15) is 5.25 Å². The van der Waals surface area contributed by atoms with Crippen LogP contribution < -0.4 is 0 Å². The van der Waals surface area contributed by atoms with E-state index in [2.05, 4.69) is 0 Å². The first kappa shape index (κ1) is 11.7. The Labute approximate surface area is 89.4 Å². The molecular formula is C9H8ClF3S. The Kier molecular flexibility index (Phi) is 4.13. The van der Waals surface area contributed by atoms with Gasteiger partial charge in [-0.2, -0.15) is 13.2 Å². The fraction of sp³-hybridized carbons (Fsp3) is 0.333. The highest BCUT2D eigenvalue weighted by Crippen LogP contribution is 2.35. The summed E-state index contributed by atoms with van der Waals surface area (Å²) in [6.45, 7) is 0. The van der Waals surface area contributed by atoms with Crippen LogP contribution in [0.15, 0.2) is 35.2 Å². The summed E-state index contributed by atoms with van der Waals surface area (Å²) in [7, 11) is 0. The molecule has 0 saturated carbocycles. The van der Waals surface area contributed by atoms with Gasteiger partial charge in [-0.1, -0.05) is 18.2 Å². The first-order valence-electron chi connectivity index (χ1n) is 3.88. The van der Waals surface area contributed by atoms with Crippen molar-refractivity contribution in [1.82, 2.24) is 0 Å². The number of halogens is 4.